The lowest BCUT2D eigenvalue weighted by molar-refractivity contribution is -0.149. The maximum atomic E-state index is 14.9. The Bertz CT molecular complexity index is 4440. The second kappa shape index (κ2) is 31.9. The van der Waals surface area contributed by atoms with Crippen molar-refractivity contribution >= 4 is 77.5 Å². The van der Waals surface area contributed by atoms with E-state index >= 15 is 0 Å². The highest BCUT2D eigenvalue weighted by Gasteiger charge is 2.39. The minimum absolute atomic E-state index is 0.236. The van der Waals surface area contributed by atoms with Crippen LogP contribution in [0.2, 0.25) is 0 Å². The van der Waals surface area contributed by atoms with Gasteiger partial charge in [-0.1, -0.05) is 218 Å². The molecule has 0 unspecified atom stereocenters. The summed E-state index contributed by atoms with van der Waals surface area (Å²) in [6, 6.07) is 67.0. The van der Waals surface area contributed by atoms with Gasteiger partial charge in [0.2, 0.25) is 23.6 Å². The number of esters is 1. The minimum Gasteiger partial charge on any atom is -0.467 e. The molecule has 19 nitrogen and oxygen atoms in total. The third kappa shape index (κ3) is 20.0. The number of carbonyl (C=O) groups is 9. The van der Waals surface area contributed by atoms with E-state index in [0.29, 0.717) is 22.3 Å². The molecule has 100 heavy (non-hydrogen) atoms. The van der Waals surface area contributed by atoms with E-state index in [1.807, 2.05) is 170 Å². The zero-order valence-corrected chi connectivity index (χ0v) is 57.8. The minimum atomic E-state index is -1.91. The van der Waals surface area contributed by atoms with Gasteiger partial charge in [0.25, 0.3) is 23.6 Å². The molecule has 0 fully saturated rings. The van der Waals surface area contributed by atoms with E-state index in [0.717, 1.165) is 44.5 Å². The maximum absolute atomic E-state index is 14.9. The number of carbonyl (C=O) groups excluding carboxylic acids is 9. The summed E-state index contributed by atoms with van der Waals surface area (Å²) in [6.07, 6.45) is 5.63. The van der Waals surface area contributed by atoms with Gasteiger partial charge in [-0.05, 0) is 160 Å². The molecule has 0 bridgehead atoms. The van der Waals surface area contributed by atoms with Crippen LogP contribution in [0.4, 0.5) is 0 Å². The second-order valence-electron chi connectivity index (χ2n) is 26.5. The normalized spacial score (nSPS) is 12.4. The lowest BCUT2D eigenvalue weighted by Gasteiger charge is -2.30. The van der Waals surface area contributed by atoms with E-state index in [2.05, 4.69) is 42.5 Å². The first-order chi connectivity index (χ1) is 47.3. The second-order valence-corrected chi connectivity index (χ2v) is 26.5. The molecule has 8 amide bonds. The molecule has 8 rings (SSSR count). The summed E-state index contributed by atoms with van der Waals surface area (Å²) >= 11 is 0. The van der Waals surface area contributed by atoms with E-state index in [4.69, 9.17) is 10.5 Å². The zero-order valence-electron chi connectivity index (χ0n) is 57.8. The van der Waals surface area contributed by atoms with Crippen LogP contribution in [-0.4, -0.2) is 88.0 Å². The summed E-state index contributed by atoms with van der Waals surface area (Å²) < 4.78 is 4.93. The van der Waals surface area contributed by atoms with Crippen LogP contribution in [0.3, 0.4) is 0 Å². The SMILES string of the molecule is COC(=O)C(C)(C)NC(=O)/C(=C/c1ccc(-c2ccccc2)cc1)NC(=O)C(C)(C)NC(=O)/C(=C/c1ccc(-c2ccccc2)cc1)NC(=O)C(C)(C)NC(=O)/C(=C/c1ccc(-c2ccccc2)cc1)NC(=O)C(C)(C)NC(=O)/C(=C/c1ccc(-c2ccccc2)cc1)NC(=O)C(C)(C)N. The summed E-state index contributed by atoms with van der Waals surface area (Å²) in [6.45, 7) is 14.1. The van der Waals surface area contributed by atoms with Crippen LogP contribution < -0.4 is 48.3 Å². The topological polar surface area (TPSA) is 285 Å². The van der Waals surface area contributed by atoms with Gasteiger partial charge in [-0.2, -0.15) is 0 Å². The monoisotopic (exact) mass is 1340 g/mol. The van der Waals surface area contributed by atoms with E-state index in [9.17, 15) is 43.2 Å². The van der Waals surface area contributed by atoms with Crippen molar-refractivity contribution in [3.8, 4) is 44.5 Å². The Balaban J connectivity index is 1.07. The van der Waals surface area contributed by atoms with E-state index in [1.54, 1.807) is 48.5 Å². The highest BCUT2D eigenvalue weighted by atomic mass is 16.5. The Labute approximate surface area is 582 Å². The zero-order chi connectivity index (χ0) is 72.6. The standard InChI is InChI=1S/C81H83N9O10/c1-77(2,82)72(95)83-64(48-52-32-40-60(41-33-52)56-24-16-12-17-25-56)68(91)87-78(3,4)73(96)84-65(49-53-34-42-61(43-35-53)57-26-18-13-19-27-57)69(92)88-79(5,6)74(97)85-66(50-54-36-44-62(45-37-54)58-28-20-14-21-29-58)70(93)89-80(7,8)75(98)86-67(71(94)90-81(9,10)76(99)100-11)51-55-38-46-63(47-39-55)59-30-22-15-23-31-59/h12-51H,82H2,1-11H3,(H,83,95)(H,84,96)(H,85,97)(H,86,98)(H,87,91)(H,88,92)(H,89,93)(H,90,94)/b64-48-,65-49-,66-50-,67-51-. The van der Waals surface area contributed by atoms with Gasteiger partial charge in [0.15, 0.2) is 0 Å². The summed E-state index contributed by atoms with van der Waals surface area (Å²) in [5, 5.41) is 21.3. The number of benzene rings is 8. The Morgan fingerprint density at radius 3 is 0.670 bits per heavy atom. The molecule has 512 valence electrons. The average molecular weight is 1340 g/mol. The third-order valence-electron chi connectivity index (χ3n) is 16.0. The van der Waals surface area contributed by atoms with Gasteiger partial charge in [0.1, 0.15) is 44.9 Å². The van der Waals surface area contributed by atoms with Crippen LogP contribution in [0.5, 0.6) is 0 Å². The molecule has 0 aromatic heterocycles. The number of amides is 8. The van der Waals surface area contributed by atoms with Crippen molar-refractivity contribution in [1.82, 2.24) is 42.5 Å². The highest BCUT2D eigenvalue weighted by molar-refractivity contribution is 6.10. The summed E-state index contributed by atoms with van der Waals surface area (Å²) in [5.74, 6) is -7.83. The average Bonchev–Trinajstić information content (AvgIpc) is 0.821. The van der Waals surface area contributed by atoms with Gasteiger partial charge in [0, 0.05) is 0 Å². The number of methoxy groups -OCH3 is 1. The van der Waals surface area contributed by atoms with E-state index in [-0.39, 0.29) is 22.8 Å². The molecule has 8 aromatic carbocycles. The van der Waals surface area contributed by atoms with Crippen LogP contribution >= 0.6 is 0 Å². The Hall–Kier alpha value is -12.1. The van der Waals surface area contributed by atoms with Gasteiger partial charge >= 0.3 is 5.97 Å². The molecule has 0 aliphatic heterocycles. The first kappa shape index (κ1) is 73.7. The molecule has 0 radical (unpaired) electrons. The number of nitrogens with one attached hydrogen (secondary N) is 8. The molecule has 0 saturated heterocycles. The van der Waals surface area contributed by atoms with Crippen LogP contribution in [-0.2, 0) is 47.9 Å². The molecule has 8 aromatic rings. The Morgan fingerprint density at radius 1 is 0.280 bits per heavy atom. The molecular formula is C81H83N9O10. The Kier molecular flexibility index (Phi) is 23.5. The maximum Gasteiger partial charge on any atom is 0.330 e. The molecule has 10 N–H and O–H groups in total. The molecule has 0 aliphatic rings. The predicted octanol–water partition coefficient (Wildman–Crippen LogP) is 10.8. The van der Waals surface area contributed by atoms with Crippen molar-refractivity contribution in [2.75, 3.05) is 7.11 Å². The number of rotatable bonds is 25. The van der Waals surface area contributed by atoms with E-state index in [1.165, 1.54) is 101 Å². The van der Waals surface area contributed by atoms with Crippen molar-refractivity contribution in [2.24, 2.45) is 5.73 Å². The molecule has 19 heteroatoms. The summed E-state index contributed by atoms with van der Waals surface area (Å²) in [5.41, 5.74) is 5.48. The van der Waals surface area contributed by atoms with Crippen molar-refractivity contribution in [1.29, 1.82) is 0 Å². The summed E-state index contributed by atoms with van der Waals surface area (Å²) in [4.78, 5) is 129. The lowest BCUT2D eigenvalue weighted by Crippen LogP contribution is -2.60. The third-order valence-corrected chi connectivity index (χ3v) is 16.0. The molecule has 0 atom stereocenters. The van der Waals surface area contributed by atoms with Crippen molar-refractivity contribution in [2.45, 2.75) is 96.9 Å². The smallest absolute Gasteiger partial charge is 0.330 e. The fraction of sp³-hybridized carbons (Fsp3) is 0.198. The first-order valence-corrected chi connectivity index (χ1v) is 32.2. The van der Waals surface area contributed by atoms with Crippen LogP contribution in [0, 0.1) is 0 Å². The fourth-order valence-corrected chi connectivity index (χ4v) is 9.91. The van der Waals surface area contributed by atoms with Gasteiger partial charge in [-0.25, -0.2) is 4.79 Å². The molecular weight excluding hydrogens is 1260 g/mol. The number of ether oxygens (including phenoxy) is 1. The number of nitrogens with two attached hydrogens (primary N) is 1. The van der Waals surface area contributed by atoms with Gasteiger partial charge in [0.05, 0.1) is 12.6 Å². The van der Waals surface area contributed by atoms with Gasteiger partial charge in [-0.15, -0.1) is 0 Å². The van der Waals surface area contributed by atoms with Crippen molar-refractivity contribution in [3.63, 3.8) is 0 Å². The lowest BCUT2D eigenvalue weighted by atomic mass is 10.0. The van der Waals surface area contributed by atoms with Crippen LogP contribution in [0.25, 0.3) is 68.8 Å². The Morgan fingerprint density at radius 2 is 0.470 bits per heavy atom. The van der Waals surface area contributed by atoms with Gasteiger partial charge < -0.3 is 53.0 Å². The molecule has 0 heterocycles. The summed E-state index contributed by atoms with van der Waals surface area (Å²) in [7, 11) is 1.17. The highest BCUT2D eigenvalue weighted by Crippen LogP contribution is 2.26. The molecule has 0 saturated carbocycles. The van der Waals surface area contributed by atoms with Crippen LogP contribution in [0.1, 0.15) is 91.5 Å². The number of hydrogen-bond donors (Lipinski definition) is 9. The largest absolute Gasteiger partial charge is 0.467 e. The predicted molar refractivity (Wildman–Crippen MR) is 391 cm³/mol. The molecule has 0 spiro atoms. The molecule has 0 aliphatic carbocycles. The first-order valence-electron chi connectivity index (χ1n) is 32.2. The van der Waals surface area contributed by atoms with Gasteiger partial charge in [-0.3, -0.25) is 38.4 Å². The number of hydrogen-bond acceptors (Lipinski definition) is 11. The van der Waals surface area contributed by atoms with Crippen LogP contribution in [0.15, 0.2) is 241 Å². The quantitative estimate of drug-likeness (QED) is 0.0192. The van der Waals surface area contributed by atoms with Crippen molar-refractivity contribution in [3.05, 3.63) is 263 Å². The van der Waals surface area contributed by atoms with Crippen molar-refractivity contribution < 1.29 is 47.9 Å². The fourth-order valence-electron chi connectivity index (χ4n) is 9.91. The van der Waals surface area contributed by atoms with E-state index < -0.39 is 80.9 Å².